The predicted molar refractivity (Wildman–Crippen MR) is 110 cm³/mol. The van der Waals surface area contributed by atoms with E-state index in [9.17, 15) is 9.59 Å². The van der Waals surface area contributed by atoms with Crippen LogP contribution in [0.15, 0.2) is 47.8 Å². The summed E-state index contributed by atoms with van der Waals surface area (Å²) >= 11 is 7.39. The van der Waals surface area contributed by atoms with Crippen LogP contribution in [0.1, 0.15) is 31.8 Å². The minimum Gasteiger partial charge on any atom is -0.465 e. The van der Waals surface area contributed by atoms with Crippen LogP contribution in [0.25, 0.3) is 11.1 Å². The number of hydrogen-bond donors (Lipinski definition) is 1. The fraction of sp³-hybridized carbons (Fsp3) is 0.143. The maximum atomic E-state index is 12.6. The van der Waals surface area contributed by atoms with Crippen molar-refractivity contribution in [3.05, 3.63) is 75.1 Å². The van der Waals surface area contributed by atoms with E-state index in [0.717, 1.165) is 22.3 Å². The summed E-state index contributed by atoms with van der Waals surface area (Å²) in [5.74, 6) is -0.873. The second kappa shape index (κ2) is 7.94. The van der Waals surface area contributed by atoms with E-state index in [-0.39, 0.29) is 5.91 Å². The van der Waals surface area contributed by atoms with E-state index in [4.69, 9.17) is 16.3 Å². The second-order valence-corrected chi connectivity index (χ2v) is 7.38. The molecule has 4 nitrogen and oxygen atoms in total. The van der Waals surface area contributed by atoms with Gasteiger partial charge in [-0.05, 0) is 37.1 Å². The number of ether oxygens (including phenoxy) is 1. The summed E-state index contributed by atoms with van der Waals surface area (Å²) < 4.78 is 4.97. The first-order chi connectivity index (χ1) is 12.9. The van der Waals surface area contributed by atoms with Crippen LogP contribution >= 0.6 is 22.9 Å². The Morgan fingerprint density at radius 1 is 1.07 bits per heavy atom. The van der Waals surface area contributed by atoms with E-state index in [2.05, 4.69) is 5.32 Å². The second-order valence-electron chi connectivity index (χ2n) is 6.10. The number of nitrogens with one attached hydrogen (secondary N) is 1. The zero-order valence-electron chi connectivity index (χ0n) is 15.1. The number of methoxy groups -OCH3 is 1. The Kier molecular flexibility index (Phi) is 5.63. The Hall–Kier alpha value is -2.63. The third-order valence-electron chi connectivity index (χ3n) is 4.21. The Morgan fingerprint density at radius 2 is 1.81 bits per heavy atom. The molecule has 0 fully saturated rings. The summed E-state index contributed by atoms with van der Waals surface area (Å²) in [6.45, 7) is 3.97. The number of anilines is 1. The van der Waals surface area contributed by atoms with E-state index in [1.807, 2.05) is 37.4 Å². The molecule has 0 aliphatic heterocycles. The van der Waals surface area contributed by atoms with Crippen molar-refractivity contribution in [2.75, 3.05) is 12.4 Å². The Balaban J connectivity index is 2.06. The topological polar surface area (TPSA) is 55.4 Å². The van der Waals surface area contributed by atoms with Gasteiger partial charge in [0.15, 0.2) is 0 Å². The number of halogens is 1. The Morgan fingerprint density at radius 3 is 2.52 bits per heavy atom. The summed E-state index contributed by atoms with van der Waals surface area (Å²) in [5.41, 5.74) is 4.48. The standard InChI is InChI=1S/C21H18ClNO3S/c1-12-8-9-13(2)15(10-12)16-11-27-20(18(16)21(25)26-3)23-19(24)14-6-4-5-7-17(14)22/h4-11H,1-3H3,(H,23,24). The van der Waals surface area contributed by atoms with Crippen molar-refractivity contribution in [3.63, 3.8) is 0 Å². The van der Waals surface area contributed by atoms with Crippen LogP contribution in [0.4, 0.5) is 5.00 Å². The number of carbonyl (C=O) groups excluding carboxylic acids is 2. The van der Waals surface area contributed by atoms with Crippen molar-refractivity contribution in [2.24, 2.45) is 0 Å². The Bertz CT molecular complexity index is 1030. The van der Waals surface area contributed by atoms with Gasteiger partial charge in [-0.3, -0.25) is 4.79 Å². The van der Waals surface area contributed by atoms with Gasteiger partial charge in [0.1, 0.15) is 10.6 Å². The summed E-state index contributed by atoms with van der Waals surface area (Å²) in [7, 11) is 1.33. The molecule has 0 saturated carbocycles. The first kappa shape index (κ1) is 19.1. The highest BCUT2D eigenvalue weighted by Crippen LogP contribution is 2.38. The number of thiophene rings is 1. The molecule has 0 aliphatic carbocycles. The first-order valence-corrected chi connectivity index (χ1v) is 9.51. The lowest BCUT2D eigenvalue weighted by molar-refractivity contribution is 0.0603. The number of hydrogen-bond acceptors (Lipinski definition) is 4. The molecule has 138 valence electrons. The molecule has 1 N–H and O–H groups in total. The lowest BCUT2D eigenvalue weighted by atomic mass is 9.97. The highest BCUT2D eigenvalue weighted by molar-refractivity contribution is 7.15. The zero-order chi connectivity index (χ0) is 19.6. The number of amides is 1. The van der Waals surface area contributed by atoms with Gasteiger partial charge in [0.25, 0.3) is 5.91 Å². The third kappa shape index (κ3) is 3.89. The van der Waals surface area contributed by atoms with Crippen molar-refractivity contribution in [3.8, 4) is 11.1 Å². The van der Waals surface area contributed by atoms with E-state index in [0.29, 0.717) is 21.2 Å². The lowest BCUT2D eigenvalue weighted by Crippen LogP contribution is -2.14. The maximum absolute atomic E-state index is 12.6. The van der Waals surface area contributed by atoms with E-state index in [1.165, 1.54) is 18.4 Å². The average Bonchev–Trinajstić information content (AvgIpc) is 3.06. The van der Waals surface area contributed by atoms with Gasteiger partial charge in [-0.1, -0.05) is 47.5 Å². The number of esters is 1. The average molecular weight is 400 g/mol. The van der Waals surface area contributed by atoms with Crippen molar-refractivity contribution >= 4 is 39.8 Å². The first-order valence-electron chi connectivity index (χ1n) is 8.25. The van der Waals surface area contributed by atoms with Gasteiger partial charge in [0, 0.05) is 10.9 Å². The minimum absolute atomic E-state index is 0.344. The van der Waals surface area contributed by atoms with Crippen molar-refractivity contribution in [2.45, 2.75) is 13.8 Å². The molecule has 0 unspecified atom stereocenters. The molecule has 1 aromatic heterocycles. The fourth-order valence-corrected chi connectivity index (χ4v) is 3.96. The zero-order valence-corrected chi connectivity index (χ0v) is 16.7. The molecule has 6 heteroatoms. The lowest BCUT2D eigenvalue weighted by Gasteiger charge is -2.10. The molecule has 3 aromatic rings. The smallest absolute Gasteiger partial charge is 0.341 e. The van der Waals surface area contributed by atoms with Gasteiger partial charge in [-0.25, -0.2) is 4.79 Å². The number of carbonyl (C=O) groups is 2. The van der Waals surface area contributed by atoms with E-state index < -0.39 is 5.97 Å². The number of rotatable bonds is 4. The van der Waals surface area contributed by atoms with Gasteiger partial charge in [0.05, 0.1) is 17.7 Å². The highest BCUT2D eigenvalue weighted by atomic mass is 35.5. The molecule has 1 amide bonds. The van der Waals surface area contributed by atoms with Crippen LogP contribution < -0.4 is 5.32 Å². The molecular weight excluding hydrogens is 382 g/mol. The normalized spacial score (nSPS) is 10.5. The molecular formula is C21H18ClNO3S. The van der Waals surface area contributed by atoms with Crippen molar-refractivity contribution in [1.82, 2.24) is 0 Å². The number of aryl methyl sites for hydroxylation is 2. The van der Waals surface area contributed by atoms with Crippen LogP contribution in [0.3, 0.4) is 0 Å². The molecule has 27 heavy (non-hydrogen) atoms. The van der Waals surface area contributed by atoms with Crippen LogP contribution in [0, 0.1) is 13.8 Å². The van der Waals surface area contributed by atoms with Crippen molar-refractivity contribution in [1.29, 1.82) is 0 Å². The molecule has 0 saturated heterocycles. The molecule has 0 aliphatic rings. The van der Waals surface area contributed by atoms with Gasteiger partial charge in [-0.2, -0.15) is 0 Å². The molecule has 3 rings (SSSR count). The SMILES string of the molecule is COC(=O)c1c(-c2cc(C)ccc2C)csc1NC(=O)c1ccccc1Cl. The van der Waals surface area contributed by atoms with Crippen molar-refractivity contribution < 1.29 is 14.3 Å². The largest absolute Gasteiger partial charge is 0.465 e. The Labute approximate surface area is 166 Å². The summed E-state index contributed by atoms with van der Waals surface area (Å²) in [4.78, 5) is 25.1. The molecule has 0 radical (unpaired) electrons. The third-order valence-corrected chi connectivity index (χ3v) is 5.43. The molecule has 0 atom stereocenters. The molecule has 1 heterocycles. The van der Waals surface area contributed by atoms with Crippen LogP contribution in [0.5, 0.6) is 0 Å². The minimum atomic E-state index is -0.499. The van der Waals surface area contributed by atoms with Crippen LogP contribution in [-0.2, 0) is 4.74 Å². The highest BCUT2D eigenvalue weighted by Gasteiger charge is 2.24. The van der Waals surface area contributed by atoms with Crippen LogP contribution in [-0.4, -0.2) is 19.0 Å². The van der Waals surface area contributed by atoms with Gasteiger partial charge >= 0.3 is 5.97 Å². The monoisotopic (exact) mass is 399 g/mol. The van der Waals surface area contributed by atoms with E-state index >= 15 is 0 Å². The summed E-state index contributed by atoms with van der Waals surface area (Å²) in [6, 6.07) is 12.8. The van der Waals surface area contributed by atoms with Crippen LogP contribution in [0.2, 0.25) is 5.02 Å². The van der Waals surface area contributed by atoms with E-state index in [1.54, 1.807) is 24.3 Å². The molecule has 0 bridgehead atoms. The summed E-state index contributed by atoms with van der Waals surface area (Å²) in [6.07, 6.45) is 0. The van der Waals surface area contributed by atoms with Gasteiger partial charge in [0.2, 0.25) is 0 Å². The van der Waals surface area contributed by atoms with Gasteiger partial charge < -0.3 is 10.1 Å². The quantitative estimate of drug-likeness (QED) is 0.570. The molecule has 0 spiro atoms. The molecule has 2 aromatic carbocycles. The predicted octanol–water partition coefficient (Wildman–Crippen LogP) is 5.72. The van der Waals surface area contributed by atoms with Gasteiger partial charge in [-0.15, -0.1) is 11.3 Å². The fourth-order valence-electron chi connectivity index (χ4n) is 2.79. The summed E-state index contributed by atoms with van der Waals surface area (Å²) in [5, 5.41) is 5.44. The number of benzene rings is 2. The maximum Gasteiger partial charge on any atom is 0.341 e.